The van der Waals surface area contributed by atoms with E-state index in [1.165, 1.54) is 6.07 Å². The van der Waals surface area contributed by atoms with Crippen LogP contribution >= 0.6 is 0 Å². The van der Waals surface area contributed by atoms with Crippen LogP contribution in [0.1, 0.15) is 25.8 Å². The van der Waals surface area contributed by atoms with E-state index in [0.717, 1.165) is 6.26 Å². The van der Waals surface area contributed by atoms with E-state index < -0.39 is 27.8 Å². The number of hydrogen-bond acceptors (Lipinski definition) is 4. The van der Waals surface area contributed by atoms with Gasteiger partial charge in [0.15, 0.2) is 9.84 Å². The Kier molecular flexibility index (Phi) is 6.11. The van der Waals surface area contributed by atoms with Gasteiger partial charge in [-0.2, -0.15) is 0 Å². The third-order valence-corrected chi connectivity index (χ3v) is 4.72. The van der Waals surface area contributed by atoms with Crippen LogP contribution in [0, 0.1) is 5.92 Å². The molecule has 1 aromatic carbocycles. The molecule has 2 N–H and O–H groups in total. The lowest BCUT2D eigenvalue weighted by molar-refractivity contribution is -0.143. The summed E-state index contributed by atoms with van der Waals surface area (Å²) in [6.07, 6.45) is 1.50. The lowest BCUT2D eigenvalue weighted by Gasteiger charge is -2.20. The fourth-order valence-electron chi connectivity index (χ4n) is 2.09. The molecule has 0 aromatic heterocycles. The Balaban J connectivity index is 2.92. The molecular weight excluding hydrogens is 306 g/mol. The average Bonchev–Trinajstić information content (AvgIpc) is 2.43. The molecule has 1 aromatic rings. The molecule has 0 aliphatic carbocycles. The van der Waals surface area contributed by atoms with Gasteiger partial charge in [0.1, 0.15) is 6.04 Å². The molecular formula is C15H21NO5S. The molecule has 0 aliphatic rings. The van der Waals surface area contributed by atoms with Crippen LogP contribution < -0.4 is 5.32 Å². The van der Waals surface area contributed by atoms with Gasteiger partial charge in [-0.15, -0.1) is 0 Å². The summed E-state index contributed by atoms with van der Waals surface area (Å²) in [6.45, 7) is 3.58. The molecule has 2 unspecified atom stereocenters. The van der Waals surface area contributed by atoms with Crippen molar-refractivity contribution in [2.24, 2.45) is 5.92 Å². The second-order valence-corrected chi connectivity index (χ2v) is 7.31. The zero-order valence-electron chi connectivity index (χ0n) is 12.9. The number of amides is 1. The van der Waals surface area contributed by atoms with Crippen molar-refractivity contribution in [3.8, 4) is 0 Å². The number of hydrogen-bond donors (Lipinski definition) is 2. The van der Waals surface area contributed by atoms with Crippen molar-refractivity contribution in [2.45, 2.75) is 37.6 Å². The molecule has 0 aliphatic heterocycles. The fraction of sp³-hybridized carbons (Fsp3) is 0.467. The number of rotatable bonds is 7. The van der Waals surface area contributed by atoms with Crippen molar-refractivity contribution >= 4 is 21.7 Å². The van der Waals surface area contributed by atoms with Gasteiger partial charge >= 0.3 is 5.97 Å². The molecule has 1 amide bonds. The van der Waals surface area contributed by atoms with Crippen molar-refractivity contribution < 1.29 is 23.1 Å². The summed E-state index contributed by atoms with van der Waals surface area (Å²) in [5, 5.41) is 11.6. The molecule has 122 valence electrons. The minimum absolute atomic E-state index is 0.0839. The lowest BCUT2D eigenvalue weighted by Crippen LogP contribution is -2.45. The highest BCUT2D eigenvalue weighted by Crippen LogP contribution is 2.16. The zero-order chi connectivity index (χ0) is 16.9. The Labute approximate surface area is 130 Å². The maximum Gasteiger partial charge on any atom is 0.326 e. The van der Waals surface area contributed by atoms with E-state index in [2.05, 4.69) is 5.32 Å². The number of carbonyl (C=O) groups is 2. The number of carboxylic acid groups (broad SMARTS) is 1. The van der Waals surface area contributed by atoms with Crippen molar-refractivity contribution in [1.29, 1.82) is 0 Å². The van der Waals surface area contributed by atoms with Crippen LogP contribution in [0.5, 0.6) is 0 Å². The standard InChI is InChI=1S/C15H21NO5S/c1-4-10(2)14(15(18)19)16-13(17)9-11-7-5-6-8-12(11)22(3,20)21/h5-8,10,14H,4,9H2,1-3H3,(H,16,17)(H,18,19). The molecule has 0 saturated carbocycles. The molecule has 0 heterocycles. The zero-order valence-corrected chi connectivity index (χ0v) is 13.7. The van der Waals surface area contributed by atoms with Gasteiger partial charge in [-0.05, 0) is 17.5 Å². The lowest BCUT2D eigenvalue weighted by atomic mass is 9.99. The second-order valence-electron chi connectivity index (χ2n) is 5.33. The average molecular weight is 327 g/mol. The van der Waals surface area contributed by atoms with Crippen LogP contribution in [0.2, 0.25) is 0 Å². The van der Waals surface area contributed by atoms with E-state index in [4.69, 9.17) is 5.11 Å². The van der Waals surface area contributed by atoms with Gasteiger partial charge in [0.25, 0.3) is 0 Å². The van der Waals surface area contributed by atoms with E-state index in [9.17, 15) is 18.0 Å². The van der Waals surface area contributed by atoms with Crippen LogP contribution in [-0.4, -0.2) is 37.7 Å². The summed E-state index contributed by atoms with van der Waals surface area (Å²) < 4.78 is 23.4. The maximum absolute atomic E-state index is 12.1. The first-order valence-electron chi connectivity index (χ1n) is 6.97. The van der Waals surface area contributed by atoms with Gasteiger partial charge in [-0.1, -0.05) is 38.5 Å². The molecule has 0 radical (unpaired) electrons. The van der Waals surface area contributed by atoms with Crippen molar-refractivity contribution in [2.75, 3.05) is 6.26 Å². The molecule has 22 heavy (non-hydrogen) atoms. The molecule has 0 fully saturated rings. The van der Waals surface area contributed by atoms with E-state index in [1.54, 1.807) is 25.1 Å². The smallest absolute Gasteiger partial charge is 0.326 e. The first-order chi connectivity index (χ1) is 10.2. The number of sulfone groups is 1. The minimum Gasteiger partial charge on any atom is -0.480 e. The van der Waals surface area contributed by atoms with Crippen LogP contribution in [0.15, 0.2) is 29.2 Å². The predicted molar refractivity (Wildman–Crippen MR) is 82.3 cm³/mol. The first kappa shape index (κ1) is 18.2. The highest BCUT2D eigenvalue weighted by Gasteiger charge is 2.25. The molecule has 7 heteroatoms. The summed E-state index contributed by atoms with van der Waals surface area (Å²) in [7, 11) is -3.44. The molecule has 1 rings (SSSR count). The van der Waals surface area contributed by atoms with Crippen molar-refractivity contribution in [1.82, 2.24) is 5.32 Å². The fourth-order valence-corrected chi connectivity index (χ4v) is 3.03. The highest BCUT2D eigenvalue weighted by atomic mass is 32.2. The third-order valence-electron chi connectivity index (χ3n) is 3.52. The van der Waals surface area contributed by atoms with E-state index in [-0.39, 0.29) is 17.2 Å². The number of nitrogens with one attached hydrogen (secondary N) is 1. The van der Waals surface area contributed by atoms with Crippen molar-refractivity contribution in [3.63, 3.8) is 0 Å². The molecule has 0 spiro atoms. The SMILES string of the molecule is CCC(C)C(NC(=O)Cc1ccccc1S(C)(=O)=O)C(=O)O. The topological polar surface area (TPSA) is 101 Å². The summed E-state index contributed by atoms with van der Waals surface area (Å²) >= 11 is 0. The van der Waals surface area contributed by atoms with Gasteiger partial charge in [-0.3, -0.25) is 4.79 Å². The Hall–Kier alpha value is -1.89. The van der Waals surface area contributed by atoms with Crippen LogP contribution in [-0.2, 0) is 25.8 Å². The van der Waals surface area contributed by atoms with Gasteiger partial charge in [0.2, 0.25) is 5.91 Å². The number of benzene rings is 1. The van der Waals surface area contributed by atoms with Crippen LogP contribution in [0.25, 0.3) is 0 Å². The number of carbonyl (C=O) groups excluding carboxylic acids is 1. The quantitative estimate of drug-likeness (QED) is 0.785. The Morgan fingerprint density at radius 1 is 1.27 bits per heavy atom. The Morgan fingerprint density at radius 2 is 1.86 bits per heavy atom. The Morgan fingerprint density at radius 3 is 2.36 bits per heavy atom. The molecule has 0 saturated heterocycles. The summed E-state index contributed by atoms with van der Waals surface area (Å²) in [6, 6.07) is 5.22. The van der Waals surface area contributed by atoms with E-state index in [0.29, 0.717) is 12.0 Å². The van der Waals surface area contributed by atoms with Gasteiger partial charge < -0.3 is 10.4 Å². The second kappa shape index (κ2) is 7.40. The van der Waals surface area contributed by atoms with Crippen LogP contribution in [0.4, 0.5) is 0 Å². The highest BCUT2D eigenvalue weighted by molar-refractivity contribution is 7.90. The maximum atomic E-state index is 12.1. The molecule has 2 atom stereocenters. The third kappa shape index (κ3) is 4.84. The normalized spacial score (nSPS) is 14.1. The van der Waals surface area contributed by atoms with Crippen LogP contribution in [0.3, 0.4) is 0 Å². The number of carboxylic acids is 1. The predicted octanol–water partition coefficient (Wildman–Crippen LogP) is 1.25. The largest absolute Gasteiger partial charge is 0.480 e. The van der Waals surface area contributed by atoms with Gasteiger partial charge in [0.05, 0.1) is 11.3 Å². The molecule has 0 bridgehead atoms. The number of aliphatic carboxylic acids is 1. The Bertz CT molecular complexity index is 654. The first-order valence-corrected chi connectivity index (χ1v) is 8.86. The summed E-state index contributed by atoms with van der Waals surface area (Å²) in [5.41, 5.74) is 0.357. The van der Waals surface area contributed by atoms with Crippen molar-refractivity contribution in [3.05, 3.63) is 29.8 Å². The molecule has 6 nitrogen and oxygen atoms in total. The summed E-state index contributed by atoms with van der Waals surface area (Å²) in [4.78, 5) is 23.3. The van der Waals surface area contributed by atoms with Gasteiger partial charge in [0, 0.05) is 6.26 Å². The van der Waals surface area contributed by atoms with Gasteiger partial charge in [-0.25, -0.2) is 13.2 Å². The minimum atomic E-state index is -3.44. The van der Waals surface area contributed by atoms with E-state index in [1.807, 2.05) is 6.92 Å². The monoisotopic (exact) mass is 327 g/mol. The summed E-state index contributed by atoms with van der Waals surface area (Å²) in [5.74, 6) is -1.82. The van der Waals surface area contributed by atoms with E-state index >= 15 is 0 Å².